The smallest absolute Gasteiger partial charge is 0.307 e. The Morgan fingerprint density at radius 1 is 1.28 bits per heavy atom. The van der Waals surface area contributed by atoms with E-state index < -0.39 is 23.8 Å². The lowest BCUT2D eigenvalue weighted by Crippen LogP contribution is -2.32. The minimum Gasteiger partial charge on any atom is -0.481 e. The fourth-order valence-electron chi connectivity index (χ4n) is 2.25. The molecule has 0 aromatic rings. The summed E-state index contributed by atoms with van der Waals surface area (Å²) in [5.41, 5.74) is 2.31. The quantitative estimate of drug-likeness (QED) is 0.738. The van der Waals surface area contributed by atoms with Crippen LogP contribution in [0.2, 0.25) is 0 Å². The fraction of sp³-hybridized carbons (Fsp3) is 0.571. The Bertz CT molecular complexity index is 389. The first-order chi connectivity index (χ1) is 8.41. The lowest BCUT2D eigenvalue weighted by atomic mass is 9.78. The standard InChI is InChI=1S/C14H20O4/c1-9(2)4-3-5-10-6-7-11(13(15)16)12(8-10)14(17)18/h4,6,11-12H,3,5,7-8H2,1-2H3,(H,15,16)(H,17,18)/t11-,12+/m1/s1. The fourth-order valence-corrected chi connectivity index (χ4v) is 2.25. The summed E-state index contributed by atoms with van der Waals surface area (Å²) in [5.74, 6) is -3.58. The first kappa shape index (κ1) is 14.5. The van der Waals surface area contributed by atoms with Gasteiger partial charge in [-0.1, -0.05) is 23.3 Å². The van der Waals surface area contributed by atoms with Crippen LogP contribution in [-0.2, 0) is 9.59 Å². The van der Waals surface area contributed by atoms with Crippen molar-refractivity contribution >= 4 is 11.9 Å². The molecule has 0 bridgehead atoms. The normalized spacial score (nSPS) is 23.1. The minimum absolute atomic E-state index is 0.330. The van der Waals surface area contributed by atoms with Crippen LogP contribution in [0.25, 0.3) is 0 Å². The monoisotopic (exact) mass is 252 g/mol. The number of carboxylic acid groups (broad SMARTS) is 2. The average molecular weight is 252 g/mol. The van der Waals surface area contributed by atoms with Gasteiger partial charge in [0.05, 0.1) is 11.8 Å². The number of carbonyl (C=O) groups is 2. The molecule has 18 heavy (non-hydrogen) atoms. The van der Waals surface area contributed by atoms with Crippen molar-refractivity contribution in [3.8, 4) is 0 Å². The van der Waals surface area contributed by atoms with E-state index in [0.717, 1.165) is 18.4 Å². The summed E-state index contributed by atoms with van der Waals surface area (Å²) in [6.07, 6.45) is 6.41. The van der Waals surface area contributed by atoms with Crippen molar-refractivity contribution in [1.82, 2.24) is 0 Å². The van der Waals surface area contributed by atoms with Crippen molar-refractivity contribution in [2.75, 3.05) is 0 Å². The number of carboxylic acids is 2. The first-order valence-corrected chi connectivity index (χ1v) is 6.18. The SMILES string of the molecule is CC(C)=CCCC1=CC[C@@H](C(=O)O)[C@@H](C(=O)O)C1. The zero-order valence-electron chi connectivity index (χ0n) is 10.8. The molecule has 4 nitrogen and oxygen atoms in total. The Morgan fingerprint density at radius 3 is 2.39 bits per heavy atom. The average Bonchev–Trinajstić information content (AvgIpc) is 2.28. The molecule has 1 rings (SSSR count). The number of aliphatic carboxylic acids is 2. The molecule has 100 valence electrons. The van der Waals surface area contributed by atoms with Gasteiger partial charge in [-0.2, -0.15) is 0 Å². The summed E-state index contributed by atoms with van der Waals surface area (Å²) in [4.78, 5) is 22.1. The molecule has 1 aliphatic rings. The molecular formula is C14H20O4. The number of hydrogen-bond acceptors (Lipinski definition) is 2. The van der Waals surface area contributed by atoms with Crippen molar-refractivity contribution in [2.24, 2.45) is 11.8 Å². The minimum atomic E-state index is -1.01. The molecule has 4 heteroatoms. The van der Waals surface area contributed by atoms with E-state index in [2.05, 4.69) is 6.08 Å². The third kappa shape index (κ3) is 4.02. The Balaban J connectivity index is 2.66. The molecule has 0 saturated carbocycles. The van der Waals surface area contributed by atoms with Gasteiger partial charge in [0.15, 0.2) is 0 Å². The molecule has 0 aromatic heterocycles. The second kappa shape index (κ2) is 6.38. The van der Waals surface area contributed by atoms with E-state index in [4.69, 9.17) is 10.2 Å². The van der Waals surface area contributed by atoms with Crippen LogP contribution >= 0.6 is 0 Å². The maximum Gasteiger partial charge on any atom is 0.307 e. The third-order valence-electron chi connectivity index (χ3n) is 3.28. The van der Waals surface area contributed by atoms with E-state index in [1.54, 1.807) is 0 Å². The van der Waals surface area contributed by atoms with Crippen molar-refractivity contribution in [3.63, 3.8) is 0 Å². The van der Waals surface area contributed by atoms with Gasteiger partial charge in [0.1, 0.15) is 0 Å². The Morgan fingerprint density at radius 2 is 1.89 bits per heavy atom. The maximum absolute atomic E-state index is 11.1. The van der Waals surface area contributed by atoms with E-state index in [9.17, 15) is 9.59 Å². The van der Waals surface area contributed by atoms with Gasteiger partial charge >= 0.3 is 11.9 Å². The third-order valence-corrected chi connectivity index (χ3v) is 3.28. The molecule has 2 atom stereocenters. The first-order valence-electron chi connectivity index (χ1n) is 6.18. The van der Waals surface area contributed by atoms with Crippen LogP contribution in [0.5, 0.6) is 0 Å². The van der Waals surface area contributed by atoms with Crippen LogP contribution < -0.4 is 0 Å². The molecule has 2 N–H and O–H groups in total. The van der Waals surface area contributed by atoms with E-state index in [0.29, 0.717) is 12.8 Å². The molecule has 0 saturated heterocycles. The van der Waals surface area contributed by atoms with E-state index >= 15 is 0 Å². The molecule has 0 aliphatic heterocycles. The lowest BCUT2D eigenvalue weighted by molar-refractivity contribution is -0.153. The summed E-state index contributed by atoms with van der Waals surface area (Å²) < 4.78 is 0. The molecule has 0 fully saturated rings. The Kier molecular flexibility index (Phi) is 5.13. The molecule has 0 aromatic carbocycles. The highest BCUT2D eigenvalue weighted by Crippen LogP contribution is 2.32. The molecule has 0 amide bonds. The largest absolute Gasteiger partial charge is 0.481 e. The zero-order valence-corrected chi connectivity index (χ0v) is 10.8. The summed E-state index contributed by atoms with van der Waals surface area (Å²) in [7, 11) is 0. The van der Waals surface area contributed by atoms with Gasteiger partial charge < -0.3 is 10.2 Å². The highest BCUT2D eigenvalue weighted by atomic mass is 16.4. The van der Waals surface area contributed by atoms with Crippen molar-refractivity contribution in [3.05, 3.63) is 23.3 Å². The van der Waals surface area contributed by atoms with Crippen LogP contribution in [0, 0.1) is 11.8 Å². The molecule has 0 heterocycles. The molecular weight excluding hydrogens is 232 g/mol. The van der Waals surface area contributed by atoms with E-state index in [1.807, 2.05) is 19.9 Å². The van der Waals surface area contributed by atoms with E-state index in [-0.39, 0.29) is 0 Å². The summed E-state index contributed by atoms with van der Waals surface area (Å²) in [5, 5.41) is 18.1. The van der Waals surface area contributed by atoms with Crippen molar-refractivity contribution in [1.29, 1.82) is 0 Å². The lowest BCUT2D eigenvalue weighted by Gasteiger charge is -2.25. The topological polar surface area (TPSA) is 74.6 Å². The van der Waals surface area contributed by atoms with Gasteiger partial charge in [-0.25, -0.2) is 0 Å². The second-order valence-electron chi connectivity index (χ2n) is 5.01. The predicted octanol–water partition coefficient (Wildman–Crippen LogP) is 2.85. The number of allylic oxidation sites excluding steroid dienone is 4. The number of hydrogen-bond donors (Lipinski definition) is 2. The molecule has 0 radical (unpaired) electrons. The maximum atomic E-state index is 11.1. The Hall–Kier alpha value is -1.58. The van der Waals surface area contributed by atoms with Crippen LogP contribution in [0.15, 0.2) is 23.3 Å². The van der Waals surface area contributed by atoms with Crippen LogP contribution in [0.1, 0.15) is 39.5 Å². The molecule has 0 unspecified atom stereocenters. The highest BCUT2D eigenvalue weighted by Gasteiger charge is 2.35. The zero-order chi connectivity index (χ0) is 13.7. The Labute approximate surface area is 107 Å². The van der Waals surface area contributed by atoms with Gasteiger partial charge in [-0.3, -0.25) is 9.59 Å². The van der Waals surface area contributed by atoms with Crippen LogP contribution in [0.4, 0.5) is 0 Å². The van der Waals surface area contributed by atoms with Crippen molar-refractivity contribution in [2.45, 2.75) is 39.5 Å². The van der Waals surface area contributed by atoms with Gasteiger partial charge in [0.25, 0.3) is 0 Å². The van der Waals surface area contributed by atoms with Crippen LogP contribution in [0.3, 0.4) is 0 Å². The predicted molar refractivity (Wildman–Crippen MR) is 68.2 cm³/mol. The van der Waals surface area contributed by atoms with Gasteiger partial charge in [-0.05, 0) is 39.5 Å². The summed E-state index contributed by atoms with van der Waals surface area (Å²) in [6.45, 7) is 4.05. The van der Waals surface area contributed by atoms with Crippen LogP contribution in [-0.4, -0.2) is 22.2 Å². The van der Waals surface area contributed by atoms with E-state index in [1.165, 1.54) is 5.57 Å². The highest BCUT2D eigenvalue weighted by molar-refractivity contribution is 5.80. The second-order valence-corrected chi connectivity index (χ2v) is 5.01. The number of rotatable bonds is 5. The van der Waals surface area contributed by atoms with Gasteiger partial charge in [-0.15, -0.1) is 0 Å². The molecule has 1 aliphatic carbocycles. The summed E-state index contributed by atoms with van der Waals surface area (Å²) in [6, 6.07) is 0. The molecule has 0 spiro atoms. The van der Waals surface area contributed by atoms with Gasteiger partial charge in [0, 0.05) is 0 Å². The van der Waals surface area contributed by atoms with Gasteiger partial charge in [0.2, 0.25) is 0 Å². The van der Waals surface area contributed by atoms with Crippen molar-refractivity contribution < 1.29 is 19.8 Å². The summed E-state index contributed by atoms with van der Waals surface area (Å²) >= 11 is 0.